The van der Waals surface area contributed by atoms with Crippen molar-refractivity contribution >= 4 is 17.0 Å². The van der Waals surface area contributed by atoms with Crippen LogP contribution >= 0.6 is 0 Å². The minimum Gasteiger partial charge on any atom is -0.438 e. The summed E-state index contributed by atoms with van der Waals surface area (Å²) in [6, 6.07) is 15.3. The molecule has 1 aromatic heterocycles. The number of nitrogens with zero attached hydrogens (tertiary/aromatic N) is 2. The van der Waals surface area contributed by atoms with E-state index in [9.17, 15) is 0 Å². The highest BCUT2D eigenvalue weighted by atomic mass is 16.5. The summed E-state index contributed by atoms with van der Waals surface area (Å²) in [4.78, 5) is 8.46. The Hall–Kier alpha value is -2.72. The van der Waals surface area contributed by atoms with Gasteiger partial charge in [0.25, 0.3) is 0 Å². The van der Waals surface area contributed by atoms with Crippen LogP contribution in [-0.4, -0.2) is 21.7 Å². The van der Waals surface area contributed by atoms with Gasteiger partial charge in [-0.2, -0.15) is 0 Å². The Bertz CT molecular complexity index is 770. The fraction of sp³-hybridized carbons (Fsp3) is 0.0588. The van der Waals surface area contributed by atoms with Crippen molar-refractivity contribution in [3.05, 3.63) is 66.5 Å². The molecular formula is C17H14N2O2. The van der Waals surface area contributed by atoms with Crippen LogP contribution in [-0.2, 0) is 0 Å². The van der Waals surface area contributed by atoms with Gasteiger partial charge < -0.3 is 9.84 Å². The van der Waals surface area contributed by atoms with Crippen LogP contribution in [0.2, 0.25) is 0 Å². The molecule has 4 nitrogen and oxygen atoms in total. The Labute approximate surface area is 122 Å². The lowest BCUT2D eigenvalue weighted by Gasteiger charge is -2.07. The van der Waals surface area contributed by atoms with Gasteiger partial charge in [0, 0.05) is 0 Å². The lowest BCUT2D eigenvalue weighted by atomic mass is 10.1. The average molecular weight is 278 g/mol. The van der Waals surface area contributed by atoms with E-state index >= 15 is 0 Å². The molecule has 3 aromatic rings. The van der Waals surface area contributed by atoms with E-state index in [0.29, 0.717) is 5.88 Å². The first-order valence-corrected chi connectivity index (χ1v) is 6.62. The van der Waals surface area contributed by atoms with Crippen molar-refractivity contribution in [2.24, 2.45) is 0 Å². The first-order valence-electron chi connectivity index (χ1n) is 6.62. The summed E-state index contributed by atoms with van der Waals surface area (Å²) < 4.78 is 5.83. The largest absolute Gasteiger partial charge is 0.438 e. The van der Waals surface area contributed by atoms with Crippen molar-refractivity contribution in [1.29, 1.82) is 0 Å². The molecule has 1 N–H and O–H groups in total. The summed E-state index contributed by atoms with van der Waals surface area (Å²) in [5.74, 6) is 1.25. The predicted octanol–water partition coefficient (Wildman–Crippen LogP) is 3.43. The zero-order valence-electron chi connectivity index (χ0n) is 11.3. The molecule has 0 unspecified atom stereocenters. The zero-order valence-corrected chi connectivity index (χ0v) is 11.3. The molecule has 0 spiro atoms. The molecule has 104 valence electrons. The van der Waals surface area contributed by atoms with E-state index in [1.807, 2.05) is 54.6 Å². The van der Waals surface area contributed by atoms with Gasteiger partial charge in [-0.3, -0.25) is 0 Å². The van der Waals surface area contributed by atoms with Crippen LogP contribution in [0.1, 0.15) is 5.56 Å². The van der Waals surface area contributed by atoms with Crippen LogP contribution in [0.4, 0.5) is 0 Å². The van der Waals surface area contributed by atoms with Gasteiger partial charge in [0.1, 0.15) is 12.1 Å². The molecule has 0 saturated carbocycles. The van der Waals surface area contributed by atoms with Gasteiger partial charge in [-0.25, -0.2) is 9.97 Å². The number of aromatic nitrogens is 2. The zero-order chi connectivity index (χ0) is 14.5. The number of ether oxygens (including phenoxy) is 1. The highest BCUT2D eigenvalue weighted by Gasteiger charge is 2.06. The molecule has 1 heterocycles. The number of benzene rings is 2. The van der Waals surface area contributed by atoms with Crippen LogP contribution in [0.15, 0.2) is 60.9 Å². The van der Waals surface area contributed by atoms with Gasteiger partial charge in [0.15, 0.2) is 0 Å². The topological polar surface area (TPSA) is 55.2 Å². The first kappa shape index (κ1) is 13.3. The van der Waals surface area contributed by atoms with Gasteiger partial charge in [0.2, 0.25) is 5.88 Å². The number of fused-ring (bicyclic) bond motifs is 1. The van der Waals surface area contributed by atoms with Crippen LogP contribution in [0.25, 0.3) is 17.0 Å². The maximum atomic E-state index is 8.85. The normalized spacial score (nSPS) is 11.1. The van der Waals surface area contributed by atoms with E-state index in [2.05, 4.69) is 9.97 Å². The fourth-order valence-electron chi connectivity index (χ4n) is 2.02. The molecule has 0 atom stereocenters. The van der Waals surface area contributed by atoms with Gasteiger partial charge in [0.05, 0.1) is 17.5 Å². The number of aliphatic hydroxyl groups is 1. The summed E-state index contributed by atoms with van der Waals surface area (Å²) in [6.07, 6.45) is 5.02. The molecule has 0 saturated heterocycles. The molecule has 4 heteroatoms. The molecule has 0 aliphatic carbocycles. The van der Waals surface area contributed by atoms with Gasteiger partial charge in [-0.1, -0.05) is 36.4 Å². The first-order chi connectivity index (χ1) is 10.4. The van der Waals surface area contributed by atoms with Gasteiger partial charge in [-0.15, -0.1) is 0 Å². The SMILES string of the molecule is OC/C=C/c1ccc2ncnc(Oc3ccccc3)c2c1. The Morgan fingerprint density at radius 2 is 1.90 bits per heavy atom. The minimum absolute atomic E-state index is 0.0106. The quantitative estimate of drug-likeness (QED) is 0.794. The Morgan fingerprint density at radius 3 is 2.71 bits per heavy atom. The van der Waals surface area contributed by atoms with Crippen molar-refractivity contribution < 1.29 is 9.84 Å². The van der Waals surface area contributed by atoms with E-state index < -0.39 is 0 Å². The van der Waals surface area contributed by atoms with Crippen molar-refractivity contribution in [3.8, 4) is 11.6 Å². The third-order valence-electron chi connectivity index (χ3n) is 3.00. The van der Waals surface area contributed by atoms with Crippen LogP contribution < -0.4 is 4.74 Å². The molecule has 0 radical (unpaired) electrons. The summed E-state index contributed by atoms with van der Waals surface area (Å²) in [5, 5.41) is 9.69. The standard InChI is InChI=1S/C17H14N2O2/c20-10-4-5-13-8-9-16-15(11-13)17(19-12-18-16)21-14-6-2-1-3-7-14/h1-9,11-12,20H,10H2/b5-4+. The van der Waals surface area contributed by atoms with Crippen molar-refractivity contribution in [2.45, 2.75) is 0 Å². The number of hydrogen-bond acceptors (Lipinski definition) is 4. The molecule has 2 aromatic carbocycles. The molecule has 3 rings (SSSR count). The fourth-order valence-corrected chi connectivity index (χ4v) is 2.02. The van der Waals surface area contributed by atoms with E-state index in [1.165, 1.54) is 6.33 Å². The molecule has 0 aliphatic rings. The van der Waals surface area contributed by atoms with E-state index in [-0.39, 0.29) is 6.61 Å². The molecule has 0 bridgehead atoms. The lowest BCUT2D eigenvalue weighted by Crippen LogP contribution is -1.91. The van der Waals surface area contributed by atoms with Crippen LogP contribution in [0.5, 0.6) is 11.6 Å². The molecule has 21 heavy (non-hydrogen) atoms. The molecule has 0 amide bonds. The van der Waals surface area contributed by atoms with Crippen LogP contribution in [0, 0.1) is 0 Å². The predicted molar refractivity (Wildman–Crippen MR) is 82.2 cm³/mol. The Morgan fingerprint density at radius 1 is 1.05 bits per heavy atom. The summed E-state index contributed by atoms with van der Waals surface area (Å²) in [5.41, 5.74) is 1.78. The Balaban J connectivity index is 2.03. The third kappa shape index (κ3) is 3.07. The number of hydrogen-bond donors (Lipinski definition) is 1. The second kappa shape index (κ2) is 6.15. The molecular weight excluding hydrogens is 264 g/mol. The van der Waals surface area contributed by atoms with Crippen molar-refractivity contribution in [2.75, 3.05) is 6.61 Å². The second-order valence-electron chi connectivity index (χ2n) is 4.46. The number of rotatable bonds is 4. The Kier molecular flexibility index (Phi) is 3.89. The van der Waals surface area contributed by atoms with E-state index in [0.717, 1.165) is 22.2 Å². The number of aliphatic hydroxyl groups excluding tert-OH is 1. The van der Waals surface area contributed by atoms with Crippen molar-refractivity contribution in [3.63, 3.8) is 0 Å². The number of para-hydroxylation sites is 1. The van der Waals surface area contributed by atoms with Gasteiger partial charge in [-0.05, 0) is 29.8 Å². The second-order valence-corrected chi connectivity index (χ2v) is 4.46. The maximum absolute atomic E-state index is 8.85. The van der Waals surface area contributed by atoms with Gasteiger partial charge >= 0.3 is 0 Å². The average Bonchev–Trinajstić information content (AvgIpc) is 2.54. The maximum Gasteiger partial charge on any atom is 0.230 e. The summed E-state index contributed by atoms with van der Waals surface area (Å²) >= 11 is 0. The highest BCUT2D eigenvalue weighted by molar-refractivity contribution is 5.85. The smallest absolute Gasteiger partial charge is 0.230 e. The summed E-state index contributed by atoms with van der Waals surface area (Å²) in [6.45, 7) is 0.0106. The lowest BCUT2D eigenvalue weighted by molar-refractivity contribution is 0.343. The van der Waals surface area contributed by atoms with Crippen LogP contribution in [0.3, 0.4) is 0 Å². The van der Waals surface area contributed by atoms with E-state index in [1.54, 1.807) is 6.08 Å². The monoisotopic (exact) mass is 278 g/mol. The molecule has 0 fully saturated rings. The summed E-state index contributed by atoms with van der Waals surface area (Å²) in [7, 11) is 0. The highest BCUT2D eigenvalue weighted by Crippen LogP contribution is 2.27. The molecule has 0 aliphatic heterocycles. The minimum atomic E-state index is 0.0106. The third-order valence-corrected chi connectivity index (χ3v) is 3.00. The van der Waals surface area contributed by atoms with Crippen molar-refractivity contribution in [1.82, 2.24) is 9.97 Å². The van der Waals surface area contributed by atoms with E-state index in [4.69, 9.17) is 9.84 Å².